The highest BCUT2D eigenvalue weighted by atomic mass is 32.2. The molecule has 2 aliphatic rings. The molecule has 0 aromatic heterocycles. The van der Waals surface area contributed by atoms with Crippen LogP contribution in [0.2, 0.25) is 0 Å². The van der Waals surface area contributed by atoms with Crippen molar-refractivity contribution in [2.24, 2.45) is 0 Å². The van der Waals surface area contributed by atoms with Crippen molar-refractivity contribution < 1.29 is 14.9 Å². The molecule has 0 amide bonds. The lowest BCUT2D eigenvalue weighted by molar-refractivity contribution is 0.0115. The molecule has 2 aromatic rings. The van der Waals surface area contributed by atoms with Gasteiger partial charge < -0.3 is 14.9 Å². The SMILES string of the molecule is COc1ccc(SC2CC3CCC(C2)N3[C@@H](C)[C@@H](O)c2ccc(O)cc2)cc1. The third-order valence-corrected chi connectivity index (χ3v) is 7.53. The number of piperidine rings is 1. The molecule has 2 fully saturated rings. The van der Waals surface area contributed by atoms with Gasteiger partial charge in [0.2, 0.25) is 0 Å². The molecule has 4 atom stereocenters. The third-order valence-electron chi connectivity index (χ3n) is 6.27. The molecule has 0 aliphatic carbocycles. The van der Waals surface area contributed by atoms with E-state index in [1.165, 1.54) is 30.6 Å². The van der Waals surface area contributed by atoms with E-state index in [2.05, 4.69) is 24.0 Å². The van der Waals surface area contributed by atoms with E-state index in [4.69, 9.17) is 4.74 Å². The Hall–Kier alpha value is -1.69. The quantitative estimate of drug-likeness (QED) is 0.743. The zero-order chi connectivity index (χ0) is 19.7. The summed E-state index contributed by atoms with van der Waals surface area (Å²) in [5.74, 6) is 1.14. The first kappa shape index (κ1) is 19.6. The molecular formula is C23H29NO3S. The van der Waals surface area contributed by atoms with Gasteiger partial charge >= 0.3 is 0 Å². The summed E-state index contributed by atoms with van der Waals surface area (Å²) in [5.41, 5.74) is 0.874. The zero-order valence-corrected chi connectivity index (χ0v) is 17.3. The summed E-state index contributed by atoms with van der Waals surface area (Å²) in [7, 11) is 1.70. The Morgan fingerprint density at radius 1 is 1.00 bits per heavy atom. The van der Waals surface area contributed by atoms with Gasteiger partial charge in [-0.3, -0.25) is 4.90 Å². The molecule has 2 aliphatic heterocycles. The highest BCUT2D eigenvalue weighted by molar-refractivity contribution is 8.00. The smallest absolute Gasteiger partial charge is 0.118 e. The van der Waals surface area contributed by atoms with Gasteiger partial charge in [-0.25, -0.2) is 0 Å². The molecule has 2 saturated heterocycles. The Labute approximate surface area is 171 Å². The number of fused-ring (bicyclic) bond motifs is 2. The number of phenolic OH excluding ortho intramolecular Hbond substituents is 1. The Morgan fingerprint density at radius 3 is 2.18 bits per heavy atom. The van der Waals surface area contributed by atoms with Gasteiger partial charge in [0.25, 0.3) is 0 Å². The fourth-order valence-electron chi connectivity index (χ4n) is 4.88. The van der Waals surface area contributed by atoms with Crippen LogP contribution in [0.4, 0.5) is 0 Å². The van der Waals surface area contributed by atoms with Crippen molar-refractivity contribution in [3.05, 3.63) is 54.1 Å². The second-order valence-corrected chi connectivity index (χ2v) is 9.37. The Balaban J connectivity index is 1.41. The van der Waals surface area contributed by atoms with Crippen molar-refractivity contribution >= 4 is 11.8 Å². The normalized spacial score (nSPS) is 26.8. The summed E-state index contributed by atoms with van der Waals surface area (Å²) in [6.45, 7) is 2.14. The molecule has 5 heteroatoms. The molecule has 2 unspecified atom stereocenters. The minimum atomic E-state index is -0.533. The second kappa shape index (κ2) is 8.36. The number of aromatic hydroxyl groups is 1. The summed E-state index contributed by atoms with van der Waals surface area (Å²) in [5, 5.41) is 21.0. The van der Waals surface area contributed by atoms with Crippen molar-refractivity contribution in [1.29, 1.82) is 0 Å². The molecule has 150 valence electrons. The summed E-state index contributed by atoms with van der Waals surface area (Å²) in [4.78, 5) is 3.86. The van der Waals surface area contributed by atoms with Crippen molar-refractivity contribution in [1.82, 2.24) is 4.90 Å². The maximum Gasteiger partial charge on any atom is 0.118 e. The zero-order valence-electron chi connectivity index (χ0n) is 16.5. The number of hydrogen-bond acceptors (Lipinski definition) is 5. The Morgan fingerprint density at radius 2 is 1.61 bits per heavy atom. The van der Waals surface area contributed by atoms with Gasteiger partial charge in [0.15, 0.2) is 0 Å². The molecule has 0 spiro atoms. The number of methoxy groups -OCH3 is 1. The predicted molar refractivity (Wildman–Crippen MR) is 113 cm³/mol. The summed E-state index contributed by atoms with van der Waals surface area (Å²) >= 11 is 1.98. The van der Waals surface area contributed by atoms with E-state index >= 15 is 0 Å². The van der Waals surface area contributed by atoms with Crippen LogP contribution in [-0.4, -0.2) is 45.6 Å². The van der Waals surface area contributed by atoms with E-state index in [0.29, 0.717) is 17.3 Å². The van der Waals surface area contributed by atoms with Gasteiger partial charge in [-0.2, -0.15) is 0 Å². The van der Waals surface area contributed by atoms with Gasteiger partial charge in [-0.15, -0.1) is 11.8 Å². The van der Waals surface area contributed by atoms with E-state index in [-0.39, 0.29) is 11.8 Å². The van der Waals surface area contributed by atoms with Gasteiger partial charge in [0, 0.05) is 28.3 Å². The summed E-state index contributed by atoms with van der Waals surface area (Å²) < 4.78 is 5.26. The van der Waals surface area contributed by atoms with E-state index < -0.39 is 6.10 Å². The predicted octanol–water partition coefficient (Wildman–Crippen LogP) is 4.61. The van der Waals surface area contributed by atoms with Crippen molar-refractivity contribution in [3.63, 3.8) is 0 Å². The number of nitrogens with zero attached hydrogens (tertiary/aromatic N) is 1. The van der Waals surface area contributed by atoms with Crippen LogP contribution in [0.3, 0.4) is 0 Å². The van der Waals surface area contributed by atoms with Gasteiger partial charge in [-0.1, -0.05) is 12.1 Å². The van der Waals surface area contributed by atoms with E-state index in [9.17, 15) is 10.2 Å². The lowest BCUT2D eigenvalue weighted by atomic mass is 9.95. The molecule has 2 N–H and O–H groups in total. The van der Waals surface area contributed by atoms with Gasteiger partial charge in [0.1, 0.15) is 11.5 Å². The lowest BCUT2D eigenvalue weighted by Crippen LogP contribution is -2.50. The maximum absolute atomic E-state index is 10.9. The number of aliphatic hydroxyl groups excluding tert-OH is 1. The van der Waals surface area contributed by atoms with Crippen LogP contribution < -0.4 is 4.74 Å². The van der Waals surface area contributed by atoms with E-state index in [1.807, 2.05) is 36.0 Å². The van der Waals surface area contributed by atoms with Crippen molar-refractivity contribution in [2.45, 2.75) is 67.0 Å². The minimum Gasteiger partial charge on any atom is -0.508 e. The average molecular weight is 400 g/mol. The molecule has 28 heavy (non-hydrogen) atoms. The van der Waals surface area contributed by atoms with Crippen molar-refractivity contribution in [2.75, 3.05) is 7.11 Å². The Bertz CT molecular complexity index is 765. The highest BCUT2D eigenvalue weighted by Crippen LogP contribution is 2.44. The molecule has 2 aromatic carbocycles. The number of ether oxygens (including phenoxy) is 1. The van der Waals surface area contributed by atoms with Crippen molar-refractivity contribution in [3.8, 4) is 11.5 Å². The number of benzene rings is 2. The molecule has 0 radical (unpaired) electrons. The average Bonchev–Trinajstić information content (AvgIpc) is 2.98. The lowest BCUT2D eigenvalue weighted by Gasteiger charge is -2.43. The van der Waals surface area contributed by atoms with Crippen LogP contribution in [-0.2, 0) is 0 Å². The van der Waals surface area contributed by atoms with E-state index in [0.717, 1.165) is 11.3 Å². The molecule has 2 bridgehead atoms. The second-order valence-electron chi connectivity index (χ2n) is 8.00. The van der Waals surface area contributed by atoms with Crippen LogP contribution in [0.1, 0.15) is 44.3 Å². The number of rotatable bonds is 6. The summed E-state index contributed by atoms with van der Waals surface area (Å²) in [6, 6.07) is 16.5. The third kappa shape index (κ3) is 4.02. The van der Waals surface area contributed by atoms with E-state index in [1.54, 1.807) is 19.2 Å². The first-order chi connectivity index (χ1) is 13.5. The number of phenols is 1. The number of aliphatic hydroxyl groups is 1. The Kier molecular flexibility index (Phi) is 5.85. The summed E-state index contributed by atoms with van der Waals surface area (Å²) in [6.07, 6.45) is 4.24. The first-order valence-electron chi connectivity index (χ1n) is 10.1. The number of hydrogen-bond donors (Lipinski definition) is 2. The molecular weight excluding hydrogens is 370 g/mol. The molecule has 2 heterocycles. The standard InChI is InChI=1S/C23H29NO3S/c1-15(23(26)16-3-7-19(25)8-4-16)24-17-5-6-18(24)14-22(13-17)28-21-11-9-20(27-2)10-12-21/h3-4,7-12,15,17-18,22-23,25-26H,5-6,13-14H2,1-2H3/t15-,17?,18?,22?,23+/m0/s1. The topological polar surface area (TPSA) is 52.9 Å². The largest absolute Gasteiger partial charge is 0.508 e. The van der Waals surface area contributed by atoms with Gasteiger partial charge in [0.05, 0.1) is 13.2 Å². The fourth-order valence-corrected chi connectivity index (χ4v) is 6.20. The highest BCUT2D eigenvalue weighted by Gasteiger charge is 2.44. The van der Waals surface area contributed by atoms with Crippen LogP contribution >= 0.6 is 11.8 Å². The van der Waals surface area contributed by atoms with Crippen LogP contribution in [0, 0.1) is 0 Å². The number of thioether (sulfide) groups is 1. The van der Waals surface area contributed by atoms with Crippen LogP contribution in [0.25, 0.3) is 0 Å². The minimum absolute atomic E-state index is 0.0778. The maximum atomic E-state index is 10.9. The fraction of sp³-hybridized carbons (Fsp3) is 0.478. The molecule has 4 nitrogen and oxygen atoms in total. The van der Waals surface area contributed by atoms with Crippen LogP contribution in [0.15, 0.2) is 53.4 Å². The first-order valence-corrected chi connectivity index (χ1v) is 11.0. The molecule has 0 saturated carbocycles. The van der Waals surface area contributed by atoms with Crippen LogP contribution in [0.5, 0.6) is 11.5 Å². The molecule has 4 rings (SSSR count). The van der Waals surface area contributed by atoms with Gasteiger partial charge in [-0.05, 0) is 74.6 Å². The monoisotopic (exact) mass is 399 g/mol.